The first-order chi connectivity index (χ1) is 7.77. The van der Waals surface area contributed by atoms with Crippen LogP contribution in [-0.4, -0.2) is 23.2 Å². The number of rotatable bonds is 6. The van der Waals surface area contributed by atoms with Crippen LogP contribution in [0.4, 0.5) is 0 Å². The topological polar surface area (TPSA) is 68.9 Å². The van der Waals surface area contributed by atoms with E-state index in [9.17, 15) is 0 Å². The van der Waals surface area contributed by atoms with E-state index in [-0.39, 0.29) is 6.61 Å². The van der Waals surface area contributed by atoms with Gasteiger partial charge in [-0.2, -0.15) is 5.26 Å². The third-order valence-electron chi connectivity index (χ3n) is 2.43. The molecule has 4 nitrogen and oxygen atoms in total. The van der Waals surface area contributed by atoms with Crippen molar-refractivity contribution in [3.8, 4) is 6.07 Å². The molecule has 0 fully saturated rings. The molecule has 0 aliphatic rings. The molecule has 1 rings (SSSR count). The number of hydrogen-bond donors (Lipinski definition) is 2. The Morgan fingerprint density at radius 1 is 1.62 bits per heavy atom. The molecule has 0 radical (unpaired) electrons. The van der Waals surface area contributed by atoms with Crippen LogP contribution in [0.2, 0.25) is 0 Å². The van der Waals surface area contributed by atoms with Crippen LogP contribution >= 0.6 is 0 Å². The molecule has 0 spiro atoms. The average molecular weight is 219 g/mol. The number of nitrogens with zero attached hydrogens (tertiary/aromatic N) is 2. The summed E-state index contributed by atoms with van der Waals surface area (Å²) in [5.41, 5.74) is 1.39. The largest absolute Gasteiger partial charge is 0.396 e. The zero-order valence-electron chi connectivity index (χ0n) is 9.48. The fourth-order valence-corrected chi connectivity index (χ4v) is 1.46. The molecule has 2 N–H and O–H groups in total. The molecule has 1 heterocycles. The molecule has 1 aromatic heterocycles. The second kappa shape index (κ2) is 6.94. The zero-order valence-corrected chi connectivity index (χ0v) is 9.48. The quantitative estimate of drug-likeness (QED) is 0.750. The van der Waals surface area contributed by atoms with E-state index in [0.717, 1.165) is 18.5 Å². The van der Waals surface area contributed by atoms with Gasteiger partial charge in [0.1, 0.15) is 11.8 Å². The van der Waals surface area contributed by atoms with Crippen LogP contribution in [0.5, 0.6) is 0 Å². The SMILES string of the molecule is CC(CCO)CNCc1cccnc1C#N. The lowest BCUT2D eigenvalue weighted by Crippen LogP contribution is -2.22. The van der Waals surface area contributed by atoms with Gasteiger partial charge in [0.15, 0.2) is 0 Å². The van der Waals surface area contributed by atoms with Crippen LogP contribution in [0.25, 0.3) is 0 Å². The lowest BCUT2D eigenvalue weighted by Gasteiger charge is -2.11. The zero-order chi connectivity index (χ0) is 11.8. The number of aliphatic hydroxyl groups is 1. The minimum Gasteiger partial charge on any atom is -0.396 e. The highest BCUT2D eigenvalue weighted by atomic mass is 16.3. The first kappa shape index (κ1) is 12.6. The smallest absolute Gasteiger partial charge is 0.144 e. The number of hydrogen-bond acceptors (Lipinski definition) is 4. The van der Waals surface area contributed by atoms with Crippen LogP contribution in [-0.2, 0) is 6.54 Å². The van der Waals surface area contributed by atoms with Gasteiger partial charge in [0.05, 0.1) is 0 Å². The molecule has 4 heteroatoms. The van der Waals surface area contributed by atoms with Gasteiger partial charge in [-0.3, -0.25) is 0 Å². The molecule has 1 unspecified atom stereocenters. The van der Waals surface area contributed by atoms with Crippen LogP contribution in [0, 0.1) is 17.2 Å². The average Bonchev–Trinajstić information content (AvgIpc) is 2.30. The van der Waals surface area contributed by atoms with E-state index in [2.05, 4.69) is 23.3 Å². The molecule has 0 aliphatic carbocycles. The molecule has 1 aromatic rings. The highest BCUT2D eigenvalue weighted by Gasteiger charge is 2.03. The van der Waals surface area contributed by atoms with Gasteiger partial charge in [0, 0.05) is 24.9 Å². The Morgan fingerprint density at radius 2 is 2.44 bits per heavy atom. The van der Waals surface area contributed by atoms with Crippen LogP contribution in [0.1, 0.15) is 24.6 Å². The summed E-state index contributed by atoms with van der Waals surface area (Å²) < 4.78 is 0. The Bertz CT molecular complexity index is 360. The molecule has 0 bridgehead atoms. The van der Waals surface area contributed by atoms with E-state index >= 15 is 0 Å². The minimum atomic E-state index is 0.221. The number of nitriles is 1. The molecule has 0 saturated heterocycles. The van der Waals surface area contributed by atoms with Crippen LogP contribution < -0.4 is 5.32 Å². The van der Waals surface area contributed by atoms with Crippen molar-refractivity contribution < 1.29 is 5.11 Å². The lowest BCUT2D eigenvalue weighted by atomic mass is 10.1. The van der Waals surface area contributed by atoms with Crippen molar-refractivity contribution in [1.29, 1.82) is 5.26 Å². The summed E-state index contributed by atoms with van der Waals surface area (Å²) >= 11 is 0. The van der Waals surface area contributed by atoms with Gasteiger partial charge in [0.2, 0.25) is 0 Å². The first-order valence-corrected chi connectivity index (χ1v) is 5.43. The molecule has 0 aromatic carbocycles. The van der Waals surface area contributed by atoms with E-state index in [1.807, 2.05) is 12.1 Å². The third kappa shape index (κ3) is 3.97. The summed E-state index contributed by atoms with van der Waals surface area (Å²) in [6, 6.07) is 5.79. The number of nitrogens with one attached hydrogen (secondary N) is 1. The number of aliphatic hydroxyl groups excluding tert-OH is 1. The Morgan fingerprint density at radius 3 is 3.12 bits per heavy atom. The summed E-state index contributed by atoms with van der Waals surface area (Å²) in [6.07, 6.45) is 2.42. The maximum Gasteiger partial charge on any atom is 0.144 e. The maximum absolute atomic E-state index is 8.84. The normalized spacial score (nSPS) is 12.1. The highest BCUT2D eigenvalue weighted by Crippen LogP contribution is 2.04. The van der Waals surface area contributed by atoms with Crippen molar-refractivity contribution in [2.24, 2.45) is 5.92 Å². The Balaban J connectivity index is 2.40. The van der Waals surface area contributed by atoms with Crippen LogP contribution in [0.15, 0.2) is 18.3 Å². The van der Waals surface area contributed by atoms with Crippen LogP contribution in [0.3, 0.4) is 0 Å². The summed E-state index contributed by atoms with van der Waals surface area (Å²) in [6.45, 7) is 3.78. The van der Waals surface area contributed by atoms with E-state index in [0.29, 0.717) is 18.2 Å². The summed E-state index contributed by atoms with van der Waals surface area (Å²) in [5.74, 6) is 0.437. The fraction of sp³-hybridized carbons (Fsp3) is 0.500. The van der Waals surface area contributed by atoms with Gasteiger partial charge >= 0.3 is 0 Å². The molecule has 0 aliphatic heterocycles. The summed E-state index contributed by atoms with van der Waals surface area (Å²) in [5, 5.41) is 20.9. The highest BCUT2D eigenvalue weighted by molar-refractivity contribution is 5.30. The molecule has 0 amide bonds. The number of aromatic nitrogens is 1. The third-order valence-corrected chi connectivity index (χ3v) is 2.43. The van der Waals surface area contributed by atoms with Crippen molar-refractivity contribution in [1.82, 2.24) is 10.3 Å². The maximum atomic E-state index is 8.84. The van der Waals surface area contributed by atoms with Crippen molar-refractivity contribution in [2.45, 2.75) is 19.9 Å². The Hall–Kier alpha value is -1.44. The van der Waals surface area contributed by atoms with Gasteiger partial charge in [0.25, 0.3) is 0 Å². The second-order valence-electron chi connectivity index (χ2n) is 3.87. The van der Waals surface area contributed by atoms with E-state index in [4.69, 9.17) is 10.4 Å². The van der Waals surface area contributed by atoms with Gasteiger partial charge in [-0.25, -0.2) is 4.98 Å². The number of pyridine rings is 1. The fourth-order valence-electron chi connectivity index (χ4n) is 1.46. The monoisotopic (exact) mass is 219 g/mol. The van der Waals surface area contributed by atoms with E-state index < -0.39 is 0 Å². The van der Waals surface area contributed by atoms with Crippen molar-refractivity contribution >= 4 is 0 Å². The molecule has 0 saturated carbocycles. The predicted molar refractivity (Wildman–Crippen MR) is 61.5 cm³/mol. The molecule has 1 atom stereocenters. The summed E-state index contributed by atoms with van der Waals surface area (Å²) in [7, 11) is 0. The van der Waals surface area contributed by atoms with Crippen molar-refractivity contribution in [3.63, 3.8) is 0 Å². The molecular formula is C12H17N3O. The first-order valence-electron chi connectivity index (χ1n) is 5.43. The van der Waals surface area contributed by atoms with Gasteiger partial charge < -0.3 is 10.4 Å². The molecule has 16 heavy (non-hydrogen) atoms. The Labute approximate surface area is 95.9 Å². The Kier molecular flexibility index (Phi) is 5.48. The summed E-state index contributed by atoms with van der Waals surface area (Å²) in [4.78, 5) is 3.99. The van der Waals surface area contributed by atoms with Gasteiger partial charge in [-0.1, -0.05) is 13.0 Å². The van der Waals surface area contributed by atoms with E-state index in [1.165, 1.54) is 0 Å². The van der Waals surface area contributed by atoms with Crippen molar-refractivity contribution in [2.75, 3.05) is 13.2 Å². The minimum absolute atomic E-state index is 0.221. The standard InChI is InChI=1S/C12H17N3O/c1-10(4-6-16)8-14-9-11-3-2-5-15-12(11)7-13/h2-3,5,10,14,16H,4,6,8-9H2,1H3. The van der Waals surface area contributed by atoms with Gasteiger partial charge in [-0.15, -0.1) is 0 Å². The molecule has 86 valence electrons. The lowest BCUT2D eigenvalue weighted by molar-refractivity contribution is 0.260. The van der Waals surface area contributed by atoms with E-state index in [1.54, 1.807) is 6.20 Å². The second-order valence-corrected chi connectivity index (χ2v) is 3.87. The van der Waals surface area contributed by atoms with Gasteiger partial charge in [-0.05, 0) is 24.9 Å². The predicted octanol–water partition coefficient (Wildman–Crippen LogP) is 1.06. The van der Waals surface area contributed by atoms with Crippen molar-refractivity contribution in [3.05, 3.63) is 29.6 Å². The molecular weight excluding hydrogens is 202 g/mol.